The van der Waals surface area contributed by atoms with E-state index in [-0.39, 0.29) is 0 Å². The van der Waals surface area contributed by atoms with Crippen LogP contribution in [0.5, 0.6) is 0 Å². The van der Waals surface area contributed by atoms with Gasteiger partial charge in [0.2, 0.25) is 0 Å². The predicted octanol–water partition coefficient (Wildman–Crippen LogP) is 3.77. The van der Waals surface area contributed by atoms with Gasteiger partial charge in [0.25, 0.3) is 0 Å². The fourth-order valence-electron chi connectivity index (χ4n) is 2.35. The largest absolute Gasteiger partial charge is 0.309 e. The molecule has 2 atom stereocenters. The van der Waals surface area contributed by atoms with Crippen LogP contribution in [-0.4, -0.2) is 31.1 Å². The first-order chi connectivity index (χ1) is 9.10. The highest BCUT2D eigenvalue weighted by Crippen LogP contribution is 2.19. The number of aryl methyl sites for hydroxylation is 1. The van der Waals surface area contributed by atoms with Gasteiger partial charge in [-0.2, -0.15) is 0 Å². The van der Waals surface area contributed by atoms with Crippen molar-refractivity contribution in [2.24, 2.45) is 0 Å². The lowest BCUT2D eigenvalue weighted by molar-refractivity contribution is 0.224. The Labute approximate surface area is 119 Å². The van der Waals surface area contributed by atoms with E-state index in [4.69, 9.17) is 0 Å². The molecule has 0 radical (unpaired) electrons. The summed E-state index contributed by atoms with van der Waals surface area (Å²) in [4.78, 5) is 2.46. The Morgan fingerprint density at radius 1 is 1.21 bits per heavy atom. The quantitative estimate of drug-likeness (QED) is 0.767. The van der Waals surface area contributed by atoms with E-state index in [2.05, 4.69) is 69.2 Å². The summed E-state index contributed by atoms with van der Waals surface area (Å²) in [6.45, 7) is 11.1. The number of rotatable bonds is 8. The highest BCUT2D eigenvalue weighted by Gasteiger charge is 2.17. The van der Waals surface area contributed by atoms with E-state index in [0.717, 1.165) is 13.1 Å². The summed E-state index contributed by atoms with van der Waals surface area (Å²) >= 11 is 0. The van der Waals surface area contributed by atoms with Gasteiger partial charge in [-0.05, 0) is 51.4 Å². The maximum atomic E-state index is 3.69. The second kappa shape index (κ2) is 8.34. The summed E-state index contributed by atoms with van der Waals surface area (Å²) < 4.78 is 0. The van der Waals surface area contributed by atoms with E-state index in [1.807, 2.05) is 0 Å². The minimum Gasteiger partial charge on any atom is -0.309 e. The standard InChI is InChI=1S/C17H30N2/c1-6-12-18-17(13-19(5)15(4)7-2)16-11-9-8-10-14(16)3/h8-11,15,17-18H,6-7,12-13H2,1-5H3. The van der Waals surface area contributed by atoms with Crippen LogP contribution in [0.15, 0.2) is 24.3 Å². The lowest BCUT2D eigenvalue weighted by atomic mass is 10.00. The van der Waals surface area contributed by atoms with E-state index in [0.29, 0.717) is 12.1 Å². The zero-order valence-corrected chi connectivity index (χ0v) is 13.2. The topological polar surface area (TPSA) is 15.3 Å². The third-order valence-corrected chi connectivity index (χ3v) is 4.02. The molecule has 2 heteroatoms. The van der Waals surface area contributed by atoms with Crippen LogP contribution < -0.4 is 5.32 Å². The molecule has 0 aromatic heterocycles. The summed E-state index contributed by atoms with van der Waals surface area (Å²) in [5.41, 5.74) is 2.82. The molecular weight excluding hydrogens is 232 g/mol. The molecule has 0 aliphatic rings. The van der Waals surface area contributed by atoms with Gasteiger partial charge in [-0.1, -0.05) is 38.1 Å². The van der Waals surface area contributed by atoms with E-state index in [9.17, 15) is 0 Å². The Morgan fingerprint density at radius 3 is 2.47 bits per heavy atom. The van der Waals surface area contributed by atoms with E-state index in [1.54, 1.807) is 0 Å². The van der Waals surface area contributed by atoms with Gasteiger partial charge in [0.05, 0.1) is 0 Å². The molecule has 0 saturated heterocycles. The van der Waals surface area contributed by atoms with Crippen LogP contribution >= 0.6 is 0 Å². The number of benzene rings is 1. The van der Waals surface area contributed by atoms with Crippen LogP contribution in [-0.2, 0) is 0 Å². The molecule has 0 saturated carbocycles. The molecule has 1 rings (SSSR count). The van der Waals surface area contributed by atoms with Gasteiger partial charge in [-0.3, -0.25) is 0 Å². The van der Waals surface area contributed by atoms with Gasteiger partial charge >= 0.3 is 0 Å². The van der Waals surface area contributed by atoms with Gasteiger partial charge in [0.15, 0.2) is 0 Å². The molecule has 1 N–H and O–H groups in total. The Hall–Kier alpha value is -0.860. The first kappa shape index (κ1) is 16.2. The Balaban J connectivity index is 2.80. The van der Waals surface area contributed by atoms with Crippen LogP contribution in [0.4, 0.5) is 0 Å². The average molecular weight is 262 g/mol. The molecule has 19 heavy (non-hydrogen) atoms. The van der Waals surface area contributed by atoms with Gasteiger partial charge < -0.3 is 10.2 Å². The van der Waals surface area contributed by atoms with E-state index < -0.39 is 0 Å². The summed E-state index contributed by atoms with van der Waals surface area (Å²) in [5.74, 6) is 0. The Bertz CT molecular complexity index is 362. The van der Waals surface area contributed by atoms with Crippen molar-refractivity contribution in [3.63, 3.8) is 0 Å². The normalized spacial score (nSPS) is 14.6. The van der Waals surface area contributed by atoms with Crippen molar-refractivity contribution in [3.05, 3.63) is 35.4 Å². The van der Waals surface area contributed by atoms with Crippen molar-refractivity contribution in [2.75, 3.05) is 20.1 Å². The summed E-state index contributed by atoms with van der Waals surface area (Å²) in [5, 5.41) is 3.69. The maximum Gasteiger partial charge on any atom is 0.0451 e. The molecule has 2 nitrogen and oxygen atoms in total. The molecule has 0 spiro atoms. The highest BCUT2D eigenvalue weighted by atomic mass is 15.1. The fraction of sp³-hybridized carbons (Fsp3) is 0.647. The molecule has 108 valence electrons. The van der Waals surface area contributed by atoms with Crippen molar-refractivity contribution in [1.82, 2.24) is 10.2 Å². The lowest BCUT2D eigenvalue weighted by Gasteiger charge is -2.30. The first-order valence-electron chi connectivity index (χ1n) is 7.59. The molecule has 0 heterocycles. The monoisotopic (exact) mass is 262 g/mol. The van der Waals surface area contributed by atoms with Crippen LogP contribution in [0.25, 0.3) is 0 Å². The van der Waals surface area contributed by atoms with Crippen LogP contribution in [0, 0.1) is 6.92 Å². The number of hydrogen-bond acceptors (Lipinski definition) is 2. The molecule has 1 aromatic carbocycles. The van der Waals surface area contributed by atoms with Gasteiger partial charge in [0, 0.05) is 18.6 Å². The van der Waals surface area contributed by atoms with Crippen molar-refractivity contribution in [2.45, 2.75) is 52.6 Å². The lowest BCUT2D eigenvalue weighted by Crippen LogP contribution is -2.38. The van der Waals surface area contributed by atoms with Gasteiger partial charge in [-0.15, -0.1) is 0 Å². The Kier molecular flexibility index (Phi) is 7.11. The van der Waals surface area contributed by atoms with Crippen molar-refractivity contribution in [1.29, 1.82) is 0 Å². The number of nitrogens with one attached hydrogen (secondary N) is 1. The van der Waals surface area contributed by atoms with Gasteiger partial charge in [0.1, 0.15) is 0 Å². The predicted molar refractivity (Wildman–Crippen MR) is 84.6 cm³/mol. The summed E-state index contributed by atoms with van der Waals surface area (Å²) in [6, 6.07) is 9.79. The second-order valence-electron chi connectivity index (χ2n) is 5.56. The highest BCUT2D eigenvalue weighted by molar-refractivity contribution is 5.29. The zero-order valence-electron chi connectivity index (χ0n) is 13.2. The van der Waals surface area contributed by atoms with Crippen LogP contribution in [0.1, 0.15) is 50.8 Å². The third-order valence-electron chi connectivity index (χ3n) is 4.02. The van der Waals surface area contributed by atoms with Crippen molar-refractivity contribution >= 4 is 0 Å². The SMILES string of the molecule is CCCNC(CN(C)C(C)CC)c1ccccc1C. The molecule has 0 fully saturated rings. The Morgan fingerprint density at radius 2 is 1.89 bits per heavy atom. The number of hydrogen-bond donors (Lipinski definition) is 1. The third kappa shape index (κ3) is 4.96. The molecule has 0 bridgehead atoms. The summed E-state index contributed by atoms with van der Waals surface area (Å²) in [6.07, 6.45) is 2.38. The zero-order chi connectivity index (χ0) is 14.3. The molecule has 1 aromatic rings. The maximum absolute atomic E-state index is 3.69. The molecule has 2 unspecified atom stereocenters. The first-order valence-corrected chi connectivity index (χ1v) is 7.59. The van der Waals surface area contributed by atoms with Crippen LogP contribution in [0.2, 0.25) is 0 Å². The molecule has 0 amide bonds. The van der Waals surface area contributed by atoms with Crippen LogP contribution in [0.3, 0.4) is 0 Å². The minimum absolute atomic E-state index is 0.431. The smallest absolute Gasteiger partial charge is 0.0451 e. The van der Waals surface area contributed by atoms with E-state index in [1.165, 1.54) is 24.0 Å². The molecule has 0 aliphatic heterocycles. The number of nitrogens with zero attached hydrogens (tertiary/aromatic N) is 1. The summed E-state index contributed by atoms with van der Waals surface area (Å²) in [7, 11) is 2.23. The minimum atomic E-state index is 0.431. The van der Waals surface area contributed by atoms with Crippen molar-refractivity contribution < 1.29 is 0 Å². The van der Waals surface area contributed by atoms with Crippen molar-refractivity contribution in [3.8, 4) is 0 Å². The van der Waals surface area contributed by atoms with Gasteiger partial charge in [-0.25, -0.2) is 0 Å². The van der Waals surface area contributed by atoms with E-state index >= 15 is 0 Å². The fourth-order valence-corrected chi connectivity index (χ4v) is 2.35. The average Bonchev–Trinajstić information content (AvgIpc) is 2.43. The molecular formula is C17H30N2. The number of likely N-dealkylation sites (N-methyl/N-ethyl adjacent to an activating group) is 1. The molecule has 0 aliphatic carbocycles. The second-order valence-corrected chi connectivity index (χ2v) is 5.56.